The van der Waals surface area contributed by atoms with E-state index in [0.717, 1.165) is 0 Å². The molecule has 2 rings (SSSR count). The Labute approximate surface area is 142 Å². The number of rotatable bonds is 5. The van der Waals surface area contributed by atoms with Crippen LogP contribution in [0.5, 0.6) is 11.5 Å². The van der Waals surface area contributed by atoms with Gasteiger partial charge in [0, 0.05) is 25.2 Å². The number of nitrogens with one attached hydrogen (secondary N) is 1. The fourth-order valence-corrected chi connectivity index (χ4v) is 2.88. The quantitative estimate of drug-likeness (QED) is 0.881. The van der Waals surface area contributed by atoms with Crippen LogP contribution in [0.3, 0.4) is 0 Å². The first-order valence-electron chi connectivity index (χ1n) is 7.80. The first-order chi connectivity index (χ1) is 11.5. The van der Waals surface area contributed by atoms with Crippen LogP contribution in [-0.2, 0) is 9.53 Å². The number of morpholine rings is 1. The van der Waals surface area contributed by atoms with Gasteiger partial charge in [-0.15, -0.1) is 0 Å². The van der Waals surface area contributed by atoms with Gasteiger partial charge in [0.2, 0.25) is 5.91 Å². The maximum atomic E-state index is 12.3. The van der Waals surface area contributed by atoms with Crippen LogP contribution in [0.25, 0.3) is 0 Å². The zero-order valence-electron chi connectivity index (χ0n) is 14.5. The van der Waals surface area contributed by atoms with E-state index in [4.69, 9.17) is 14.2 Å². The number of ether oxygens (including phenoxy) is 3. The van der Waals surface area contributed by atoms with Gasteiger partial charge in [-0.05, 0) is 13.8 Å². The minimum atomic E-state index is -0.181. The lowest BCUT2D eigenvalue weighted by molar-refractivity contribution is -0.121. The lowest BCUT2D eigenvalue weighted by Gasteiger charge is -2.34. The lowest BCUT2D eigenvalue weighted by Crippen LogP contribution is -2.48. The van der Waals surface area contributed by atoms with Gasteiger partial charge in [0.05, 0.1) is 44.2 Å². The molecule has 0 radical (unpaired) electrons. The average Bonchev–Trinajstić information content (AvgIpc) is 2.53. The number of nitrogens with zero attached hydrogens (tertiary/aromatic N) is 2. The van der Waals surface area contributed by atoms with Gasteiger partial charge in [-0.1, -0.05) is 0 Å². The normalized spacial score (nSPS) is 21.0. The molecule has 1 fully saturated rings. The zero-order chi connectivity index (χ0) is 17.7. The Balaban J connectivity index is 2.09. The second kappa shape index (κ2) is 7.99. The molecule has 0 aromatic heterocycles. The first kappa shape index (κ1) is 18.0. The van der Waals surface area contributed by atoms with Crippen molar-refractivity contribution in [1.82, 2.24) is 4.90 Å². The Morgan fingerprint density at radius 1 is 1.29 bits per heavy atom. The number of carbonyl (C=O) groups excluding carboxylic acids is 1. The highest BCUT2D eigenvalue weighted by molar-refractivity contribution is 5.94. The summed E-state index contributed by atoms with van der Waals surface area (Å²) in [6.07, 6.45) is 0.189. The third-order valence-corrected chi connectivity index (χ3v) is 3.78. The summed E-state index contributed by atoms with van der Waals surface area (Å²) in [5.74, 6) is 0.725. The van der Waals surface area contributed by atoms with Gasteiger partial charge in [-0.3, -0.25) is 9.69 Å². The van der Waals surface area contributed by atoms with E-state index in [-0.39, 0.29) is 24.7 Å². The Morgan fingerprint density at radius 3 is 2.42 bits per heavy atom. The highest BCUT2D eigenvalue weighted by atomic mass is 16.5. The van der Waals surface area contributed by atoms with Crippen molar-refractivity contribution in [3.05, 3.63) is 17.7 Å². The third-order valence-electron chi connectivity index (χ3n) is 3.78. The van der Waals surface area contributed by atoms with Crippen molar-refractivity contribution in [2.75, 3.05) is 39.2 Å². The summed E-state index contributed by atoms with van der Waals surface area (Å²) in [6.45, 7) is 5.63. The molecule has 130 valence electrons. The summed E-state index contributed by atoms with van der Waals surface area (Å²) in [5, 5.41) is 12.1. The third kappa shape index (κ3) is 4.37. The molecule has 1 aromatic carbocycles. The Bertz CT molecular complexity index is 631. The van der Waals surface area contributed by atoms with Gasteiger partial charge < -0.3 is 19.5 Å². The number of anilines is 1. The Kier molecular flexibility index (Phi) is 6.01. The summed E-state index contributed by atoms with van der Waals surface area (Å²) >= 11 is 0. The van der Waals surface area contributed by atoms with E-state index < -0.39 is 0 Å². The molecule has 0 spiro atoms. The summed E-state index contributed by atoms with van der Waals surface area (Å²) in [7, 11) is 3.00. The van der Waals surface area contributed by atoms with Gasteiger partial charge in [0.25, 0.3) is 0 Å². The van der Waals surface area contributed by atoms with Crippen molar-refractivity contribution in [2.45, 2.75) is 26.1 Å². The summed E-state index contributed by atoms with van der Waals surface area (Å²) in [5.41, 5.74) is 0.735. The van der Waals surface area contributed by atoms with Gasteiger partial charge in [-0.2, -0.15) is 5.26 Å². The number of benzene rings is 1. The molecule has 1 aliphatic heterocycles. The van der Waals surface area contributed by atoms with E-state index in [1.807, 2.05) is 18.7 Å². The number of hydrogen-bond acceptors (Lipinski definition) is 6. The van der Waals surface area contributed by atoms with E-state index in [9.17, 15) is 10.1 Å². The molecule has 2 atom stereocenters. The number of amides is 1. The summed E-state index contributed by atoms with van der Waals surface area (Å²) < 4.78 is 16.1. The molecular weight excluding hydrogens is 310 g/mol. The number of carbonyl (C=O) groups is 1. The predicted molar refractivity (Wildman–Crippen MR) is 89.3 cm³/mol. The van der Waals surface area contributed by atoms with E-state index in [0.29, 0.717) is 35.8 Å². The molecule has 7 nitrogen and oxygen atoms in total. The van der Waals surface area contributed by atoms with Crippen LogP contribution in [0.4, 0.5) is 5.69 Å². The van der Waals surface area contributed by atoms with E-state index in [1.165, 1.54) is 14.2 Å². The molecule has 1 aliphatic rings. The highest BCUT2D eigenvalue weighted by Gasteiger charge is 2.24. The van der Waals surface area contributed by atoms with E-state index >= 15 is 0 Å². The molecule has 1 N–H and O–H groups in total. The molecule has 1 aromatic rings. The molecule has 0 bridgehead atoms. The van der Waals surface area contributed by atoms with Crippen molar-refractivity contribution in [3.63, 3.8) is 0 Å². The SMILES string of the molecule is COc1cc(C#N)c(NC(=O)CN2C[C@@H](C)O[C@H](C)C2)cc1OC. The van der Waals surface area contributed by atoms with Gasteiger partial charge in [-0.25, -0.2) is 0 Å². The molecule has 7 heteroatoms. The number of nitriles is 1. The van der Waals surface area contributed by atoms with E-state index in [2.05, 4.69) is 11.4 Å². The second-order valence-electron chi connectivity index (χ2n) is 5.86. The molecule has 24 heavy (non-hydrogen) atoms. The minimum Gasteiger partial charge on any atom is -0.493 e. The molecule has 0 saturated carbocycles. The molecule has 1 saturated heterocycles. The van der Waals surface area contributed by atoms with Gasteiger partial charge in [0.1, 0.15) is 6.07 Å². The zero-order valence-corrected chi connectivity index (χ0v) is 14.5. The van der Waals surface area contributed by atoms with Crippen LogP contribution < -0.4 is 14.8 Å². The summed E-state index contributed by atoms with van der Waals surface area (Å²) in [6, 6.07) is 5.21. The first-order valence-corrected chi connectivity index (χ1v) is 7.80. The average molecular weight is 333 g/mol. The van der Waals surface area contributed by atoms with Crippen LogP contribution >= 0.6 is 0 Å². The van der Waals surface area contributed by atoms with Crippen molar-refractivity contribution in [3.8, 4) is 17.6 Å². The Morgan fingerprint density at radius 2 is 1.88 bits per heavy atom. The number of hydrogen-bond donors (Lipinski definition) is 1. The molecule has 0 aliphatic carbocycles. The van der Waals surface area contributed by atoms with Gasteiger partial charge in [0.15, 0.2) is 11.5 Å². The van der Waals surface area contributed by atoms with Crippen molar-refractivity contribution in [2.24, 2.45) is 0 Å². The van der Waals surface area contributed by atoms with Crippen LogP contribution in [0, 0.1) is 11.3 Å². The highest BCUT2D eigenvalue weighted by Crippen LogP contribution is 2.33. The van der Waals surface area contributed by atoms with Gasteiger partial charge >= 0.3 is 0 Å². The molecule has 1 heterocycles. The second-order valence-corrected chi connectivity index (χ2v) is 5.86. The Hall–Kier alpha value is -2.30. The topological polar surface area (TPSA) is 83.8 Å². The monoisotopic (exact) mass is 333 g/mol. The largest absolute Gasteiger partial charge is 0.493 e. The molecule has 0 unspecified atom stereocenters. The molecule has 1 amide bonds. The standard InChI is InChI=1S/C17H23N3O4/c1-11-8-20(9-12(2)24-11)10-17(21)19-14-6-16(23-4)15(22-3)5-13(14)7-18/h5-6,11-12H,8-10H2,1-4H3,(H,19,21)/t11-,12-/m1/s1. The van der Waals surface area contributed by atoms with Crippen molar-refractivity contribution < 1.29 is 19.0 Å². The van der Waals surface area contributed by atoms with Crippen molar-refractivity contribution in [1.29, 1.82) is 5.26 Å². The van der Waals surface area contributed by atoms with Crippen LogP contribution in [0.1, 0.15) is 19.4 Å². The molecular formula is C17H23N3O4. The minimum absolute atomic E-state index is 0.0947. The van der Waals surface area contributed by atoms with Crippen LogP contribution in [-0.4, -0.2) is 56.9 Å². The van der Waals surface area contributed by atoms with Crippen molar-refractivity contribution >= 4 is 11.6 Å². The van der Waals surface area contributed by atoms with E-state index in [1.54, 1.807) is 12.1 Å². The van der Waals surface area contributed by atoms with Crippen LogP contribution in [0.2, 0.25) is 0 Å². The fourth-order valence-electron chi connectivity index (χ4n) is 2.88. The summed E-state index contributed by atoms with van der Waals surface area (Å²) in [4.78, 5) is 14.4. The maximum absolute atomic E-state index is 12.3. The lowest BCUT2D eigenvalue weighted by atomic mass is 10.1. The fraction of sp³-hybridized carbons (Fsp3) is 0.529. The smallest absolute Gasteiger partial charge is 0.238 e. The van der Waals surface area contributed by atoms with Crippen LogP contribution in [0.15, 0.2) is 12.1 Å². The maximum Gasteiger partial charge on any atom is 0.238 e. The predicted octanol–water partition coefficient (Wildman–Crippen LogP) is 1.62. The number of methoxy groups -OCH3 is 2.